The molecule has 0 saturated heterocycles. The van der Waals surface area contributed by atoms with Crippen LogP contribution in [0, 0.1) is 12.3 Å². The van der Waals surface area contributed by atoms with Gasteiger partial charge in [0.1, 0.15) is 0 Å². The summed E-state index contributed by atoms with van der Waals surface area (Å²) in [6, 6.07) is 0. The first-order chi connectivity index (χ1) is 6.74. The Bertz CT molecular complexity index is 307. The number of nitrogens with one attached hydrogen (secondary N) is 1. The highest BCUT2D eigenvalue weighted by molar-refractivity contribution is 7.13. The van der Waals surface area contributed by atoms with Crippen LogP contribution in [0.25, 0.3) is 0 Å². The van der Waals surface area contributed by atoms with Crippen LogP contribution in [0.2, 0.25) is 0 Å². The lowest BCUT2D eigenvalue weighted by atomic mass is 10.0. The average Bonchev–Trinajstić information content (AvgIpc) is 2.80. The summed E-state index contributed by atoms with van der Waals surface area (Å²) in [5.74, 6) is 0.776. The highest BCUT2D eigenvalue weighted by Gasteiger charge is 2.41. The molecule has 1 N–H and O–H groups in total. The first-order valence-electron chi connectivity index (χ1n) is 4.96. The molecule has 1 fully saturated rings. The molecule has 1 aromatic rings. The molecule has 1 saturated carbocycles. The van der Waals surface area contributed by atoms with Gasteiger partial charge >= 0.3 is 0 Å². The summed E-state index contributed by atoms with van der Waals surface area (Å²) < 4.78 is 0. The maximum Gasteiger partial charge on any atom is 0.182 e. The summed E-state index contributed by atoms with van der Waals surface area (Å²) in [7, 11) is 0. The fourth-order valence-corrected chi connectivity index (χ4v) is 2.68. The second kappa shape index (κ2) is 4.07. The molecule has 4 heteroatoms. The van der Waals surface area contributed by atoms with Gasteiger partial charge in [0, 0.05) is 17.8 Å². The molecule has 0 unspecified atom stereocenters. The molecule has 14 heavy (non-hydrogen) atoms. The van der Waals surface area contributed by atoms with Crippen molar-refractivity contribution in [2.75, 3.05) is 17.7 Å². The van der Waals surface area contributed by atoms with Crippen molar-refractivity contribution in [3.8, 4) is 0 Å². The predicted octanol–water partition coefficient (Wildman–Crippen LogP) is 3.27. The number of thiazole rings is 1. The van der Waals surface area contributed by atoms with Crippen molar-refractivity contribution in [1.82, 2.24) is 4.98 Å². The largest absolute Gasteiger partial charge is 0.361 e. The third-order valence-corrected chi connectivity index (χ3v) is 3.92. The van der Waals surface area contributed by atoms with Gasteiger partial charge in [0.15, 0.2) is 5.13 Å². The predicted molar refractivity (Wildman–Crippen MR) is 62.3 cm³/mol. The second-order valence-corrected chi connectivity index (χ2v) is 5.32. The van der Waals surface area contributed by atoms with Gasteiger partial charge in [0.25, 0.3) is 0 Å². The fraction of sp³-hybridized carbons (Fsp3) is 0.700. The van der Waals surface area contributed by atoms with E-state index in [1.54, 1.807) is 11.3 Å². The summed E-state index contributed by atoms with van der Waals surface area (Å²) in [5, 5.41) is 6.52. The molecule has 1 aliphatic rings. The maximum atomic E-state index is 5.77. The van der Waals surface area contributed by atoms with Gasteiger partial charge in [-0.25, -0.2) is 4.98 Å². The SMILES string of the molecule is Cc1csc(NCC2(CCCl)CC2)n1. The van der Waals surface area contributed by atoms with E-state index in [1.807, 2.05) is 6.92 Å². The van der Waals surface area contributed by atoms with E-state index in [1.165, 1.54) is 12.8 Å². The zero-order valence-electron chi connectivity index (χ0n) is 8.35. The first kappa shape index (κ1) is 10.2. The quantitative estimate of drug-likeness (QED) is 0.786. The van der Waals surface area contributed by atoms with Gasteiger partial charge < -0.3 is 5.32 Å². The maximum absolute atomic E-state index is 5.77. The standard InChI is InChI=1S/C10H15ClN2S/c1-8-6-14-9(13-8)12-7-10(2-3-10)4-5-11/h6H,2-5,7H2,1H3,(H,12,13). The monoisotopic (exact) mass is 230 g/mol. The second-order valence-electron chi connectivity index (χ2n) is 4.09. The number of halogens is 1. The highest BCUT2D eigenvalue weighted by Crippen LogP contribution is 2.48. The van der Waals surface area contributed by atoms with E-state index >= 15 is 0 Å². The summed E-state index contributed by atoms with van der Waals surface area (Å²) in [4.78, 5) is 4.38. The Labute approximate surface area is 93.7 Å². The molecule has 1 heterocycles. The van der Waals surface area contributed by atoms with Crippen molar-refractivity contribution >= 4 is 28.1 Å². The Morgan fingerprint density at radius 2 is 2.43 bits per heavy atom. The summed E-state index contributed by atoms with van der Waals surface area (Å²) >= 11 is 7.45. The van der Waals surface area contributed by atoms with E-state index in [0.717, 1.165) is 29.7 Å². The van der Waals surface area contributed by atoms with Gasteiger partial charge in [-0.05, 0) is 31.6 Å². The molecule has 0 radical (unpaired) electrons. The van der Waals surface area contributed by atoms with Gasteiger partial charge in [-0.1, -0.05) is 0 Å². The Balaban J connectivity index is 1.82. The average molecular weight is 231 g/mol. The summed E-state index contributed by atoms with van der Waals surface area (Å²) in [6.45, 7) is 3.06. The molecule has 0 bridgehead atoms. The molecule has 1 aromatic heterocycles. The molecule has 2 nitrogen and oxygen atoms in total. The smallest absolute Gasteiger partial charge is 0.182 e. The third kappa shape index (κ3) is 2.39. The van der Waals surface area contributed by atoms with E-state index < -0.39 is 0 Å². The van der Waals surface area contributed by atoms with Gasteiger partial charge in [0.05, 0.1) is 5.69 Å². The minimum atomic E-state index is 0.487. The minimum absolute atomic E-state index is 0.487. The Hall–Kier alpha value is -0.280. The van der Waals surface area contributed by atoms with Gasteiger partial charge in [0.2, 0.25) is 0 Å². The van der Waals surface area contributed by atoms with Crippen LogP contribution in [0.1, 0.15) is 25.0 Å². The molecule has 0 spiro atoms. The molecule has 0 aliphatic heterocycles. The van der Waals surface area contributed by atoms with Crippen molar-refractivity contribution in [3.63, 3.8) is 0 Å². The fourth-order valence-electron chi connectivity index (χ4n) is 1.59. The van der Waals surface area contributed by atoms with Crippen molar-refractivity contribution in [2.24, 2.45) is 5.41 Å². The molecule has 78 valence electrons. The molecule has 0 aromatic carbocycles. The Kier molecular flexibility index (Phi) is 2.98. The van der Waals surface area contributed by atoms with Crippen molar-refractivity contribution in [1.29, 1.82) is 0 Å². The van der Waals surface area contributed by atoms with Gasteiger partial charge in [-0.3, -0.25) is 0 Å². The number of hydrogen-bond acceptors (Lipinski definition) is 3. The number of hydrogen-bond donors (Lipinski definition) is 1. The summed E-state index contributed by atoms with van der Waals surface area (Å²) in [6.07, 6.45) is 3.76. The number of nitrogens with zero attached hydrogens (tertiary/aromatic N) is 1. The Morgan fingerprint density at radius 1 is 1.64 bits per heavy atom. The van der Waals surface area contributed by atoms with Crippen molar-refractivity contribution in [2.45, 2.75) is 26.2 Å². The number of aryl methyl sites for hydroxylation is 1. The lowest BCUT2D eigenvalue weighted by Gasteiger charge is -2.13. The van der Waals surface area contributed by atoms with E-state index in [2.05, 4.69) is 15.7 Å². The molecule has 0 amide bonds. The van der Waals surface area contributed by atoms with Crippen LogP contribution in [-0.4, -0.2) is 17.4 Å². The molecule has 2 rings (SSSR count). The minimum Gasteiger partial charge on any atom is -0.361 e. The Morgan fingerprint density at radius 3 is 2.93 bits per heavy atom. The molecular formula is C10H15ClN2S. The zero-order chi connectivity index (χ0) is 10.0. The van der Waals surface area contributed by atoms with E-state index in [4.69, 9.17) is 11.6 Å². The molecular weight excluding hydrogens is 216 g/mol. The van der Waals surface area contributed by atoms with E-state index in [-0.39, 0.29) is 0 Å². The van der Waals surface area contributed by atoms with Gasteiger partial charge in [-0.15, -0.1) is 22.9 Å². The van der Waals surface area contributed by atoms with Crippen molar-refractivity contribution in [3.05, 3.63) is 11.1 Å². The number of alkyl halides is 1. The van der Waals surface area contributed by atoms with Crippen LogP contribution in [0.3, 0.4) is 0 Å². The van der Waals surface area contributed by atoms with Crippen LogP contribution in [0.4, 0.5) is 5.13 Å². The van der Waals surface area contributed by atoms with E-state index in [9.17, 15) is 0 Å². The van der Waals surface area contributed by atoms with Crippen LogP contribution in [-0.2, 0) is 0 Å². The third-order valence-electron chi connectivity index (χ3n) is 2.82. The normalized spacial score (nSPS) is 18.1. The zero-order valence-corrected chi connectivity index (χ0v) is 9.92. The topological polar surface area (TPSA) is 24.9 Å². The number of anilines is 1. The van der Waals surface area contributed by atoms with Crippen LogP contribution in [0.15, 0.2) is 5.38 Å². The first-order valence-corrected chi connectivity index (χ1v) is 6.37. The summed E-state index contributed by atoms with van der Waals surface area (Å²) in [5.41, 5.74) is 1.58. The van der Waals surface area contributed by atoms with Crippen LogP contribution in [0.5, 0.6) is 0 Å². The van der Waals surface area contributed by atoms with Crippen LogP contribution >= 0.6 is 22.9 Å². The van der Waals surface area contributed by atoms with Crippen molar-refractivity contribution < 1.29 is 0 Å². The number of aromatic nitrogens is 1. The molecule has 0 atom stereocenters. The van der Waals surface area contributed by atoms with E-state index in [0.29, 0.717) is 5.41 Å². The highest BCUT2D eigenvalue weighted by atomic mass is 35.5. The van der Waals surface area contributed by atoms with Crippen LogP contribution < -0.4 is 5.32 Å². The lowest BCUT2D eigenvalue weighted by Crippen LogP contribution is -2.15. The van der Waals surface area contributed by atoms with Gasteiger partial charge in [-0.2, -0.15) is 0 Å². The lowest BCUT2D eigenvalue weighted by molar-refractivity contribution is 0.524. The number of rotatable bonds is 5. The molecule has 1 aliphatic carbocycles.